The molecule has 0 spiro atoms. The van der Waals surface area contributed by atoms with Crippen LogP contribution < -0.4 is 15.4 Å². The van der Waals surface area contributed by atoms with E-state index in [1.165, 1.54) is 5.56 Å². The van der Waals surface area contributed by atoms with Crippen LogP contribution in [0.25, 0.3) is 0 Å². The standard InChI is InChI=1S/C18H27N5O.HI/c1-4-19-18(20-11-7-8-15-12-22-23(2)14-15)21-13-16-9-5-6-10-17(16)24-3;/h5-6,9-10,12,14H,4,7-8,11,13H2,1-3H3,(H2,19,20,21);1H. The van der Waals surface area contributed by atoms with Gasteiger partial charge in [-0.25, -0.2) is 4.99 Å². The van der Waals surface area contributed by atoms with Gasteiger partial charge >= 0.3 is 0 Å². The Kier molecular flexibility index (Phi) is 9.98. The van der Waals surface area contributed by atoms with Crippen LogP contribution in [-0.4, -0.2) is 35.9 Å². The molecule has 0 unspecified atom stereocenters. The summed E-state index contributed by atoms with van der Waals surface area (Å²) in [4.78, 5) is 4.64. The van der Waals surface area contributed by atoms with Gasteiger partial charge < -0.3 is 15.4 Å². The number of methoxy groups -OCH3 is 1. The van der Waals surface area contributed by atoms with E-state index in [9.17, 15) is 0 Å². The lowest BCUT2D eigenvalue weighted by Gasteiger charge is -2.12. The molecule has 6 nitrogen and oxygen atoms in total. The SMILES string of the molecule is CCNC(=NCc1ccccc1OC)NCCCc1cnn(C)c1.I. The second-order valence-corrected chi connectivity index (χ2v) is 5.56. The summed E-state index contributed by atoms with van der Waals surface area (Å²) in [6.45, 7) is 4.35. The minimum absolute atomic E-state index is 0. The summed E-state index contributed by atoms with van der Waals surface area (Å²) < 4.78 is 7.20. The highest BCUT2D eigenvalue weighted by atomic mass is 127. The fourth-order valence-electron chi connectivity index (χ4n) is 2.44. The first-order valence-electron chi connectivity index (χ1n) is 8.34. The van der Waals surface area contributed by atoms with Crippen LogP contribution in [0, 0.1) is 0 Å². The number of nitrogens with one attached hydrogen (secondary N) is 2. The number of para-hydroxylation sites is 1. The lowest BCUT2D eigenvalue weighted by Crippen LogP contribution is -2.37. The minimum atomic E-state index is 0. The Morgan fingerprint density at radius 3 is 2.76 bits per heavy atom. The number of hydrogen-bond donors (Lipinski definition) is 2. The molecule has 0 aliphatic heterocycles. The van der Waals surface area contributed by atoms with Gasteiger partial charge in [0.1, 0.15) is 5.75 Å². The zero-order valence-corrected chi connectivity index (χ0v) is 17.5. The van der Waals surface area contributed by atoms with Crippen molar-refractivity contribution < 1.29 is 4.74 Å². The third-order valence-corrected chi connectivity index (χ3v) is 3.64. The van der Waals surface area contributed by atoms with E-state index < -0.39 is 0 Å². The lowest BCUT2D eigenvalue weighted by molar-refractivity contribution is 0.410. The molecular weight excluding hydrogens is 429 g/mol. The van der Waals surface area contributed by atoms with E-state index in [2.05, 4.69) is 33.8 Å². The van der Waals surface area contributed by atoms with Crippen LogP contribution >= 0.6 is 24.0 Å². The molecule has 0 fully saturated rings. The highest BCUT2D eigenvalue weighted by molar-refractivity contribution is 14.0. The highest BCUT2D eigenvalue weighted by Gasteiger charge is 2.02. The summed E-state index contributed by atoms with van der Waals surface area (Å²) in [6.07, 6.45) is 6.01. The topological polar surface area (TPSA) is 63.5 Å². The Morgan fingerprint density at radius 1 is 1.28 bits per heavy atom. The molecule has 1 aromatic heterocycles. The molecule has 2 rings (SSSR count). The first-order valence-corrected chi connectivity index (χ1v) is 8.34. The normalized spacial score (nSPS) is 10.9. The van der Waals surface area contributed by atoms with Crippen LogP contribution in [0.4, 0.5) is 0 Å². The summed E-state index contributed by atoms with van der Waals surface area (Å²) in [5, 5.41) is 10.8. The molecule has 25 heavy (non-hydrogen) atoms. The van der Waals surface area contributed by atoms with Crippen LogP contribution in [0.2, 0.25) is 0 Å². The van der Waals surface area contributed by atoms with E-state index in [1.807, 2.05) is 42.2 Å². The number of rotatable bonds is 8. The second-order valence-electron chi connectivity index (χ2n) is 5.56. The lowest BCUT2D eigenvalue weighted by atomic mass is 10.2. The fourth-order valence-corrected chi connectivity index (χ4v) is 2.44. The molecule has 0 atom stereocenters. The minimum Gasteiger partial charge on any atom is -0.496 e. The fraction of sp³-hybridized carbons (Fsp3) is 0.444. The molecule has 0 saturated carbocycles. The maximum Gasteiger partial charge on any atom is 0.191 e. The van der Waals surface area contributed by atoms with Crippen molar-refractivity contribution in [3.63, 3.8) is 0 Å². The van der Waals surface area contributed by atoms with Crippen molar-refractivity contribution in [2.75, 3.05) is 20.2 Å². The van der Waals surface area contributed by atoms with Crippen molar-refractivity contribution in [2.24, 2.45) is 12.0 Å². The number of hydrogen-bond acceptors (Lipinski definition) is 3. The maximum absolute atomic E-state index is 5.37. The Hall–Kier alpha value is -1.77. The van der Waals surface area contributed by atoms with Crippen molar-refractivity contribution in [3.05, 3.63) is 47.8 Å². The summed E-state index contributed by atoms with van der Waals surface area (Å²) >= 11 is 0. The number of aromatic nitrogens is 2. The van der Waals surface area contributed by atoms with E-state index in [0.29, 0.717) is 6.54 Å². The second kappa shape index (κ2) is 11.7. The average Bonchev–Trinajstić information content (AvgIpc) is 3.02. The molecule has 2 aromatic rings. The van der Waals surface area contributed by atoms with Crippen molar-refractivity contribution in [1.82, 2.24) is 20.4 Å². The van der Waals surface area contributed by atoms with Gasteiger partial charge in [0.15, 0.2) is 5.96 Å². The molecule has 0 aliphatic rings. The van der Waals surface area contributed by atoms with Gasteiger partial charge in [0.05, 0.1) is 19.9 Å². The zero-order chi connectivity index (χ0) is 17.2. The molecule has 1 heterocycles. The first-order chi connectivity index (χ1) is 11.7. The Balaban J connectivity index is 0.00000312. The van der Waals surface area contributed by atoms with Gasteiger partial charge in [-0.2, -0.15) is 5.10 Å². The number of benzene rings is 1. The molecule has 2 N–H and O–H groups in total. The third-order valence-electron chi connectivity index (χ3n) is 3.64. The van der Waals surface area contributed by atoms with Crippen molar-refractivity contribution in [3.8, 4) is 5.75 Å². The van der Waals surface area contributed by atoms with Gasteiger partial charge in [-0.15, -0.1) is 24.0 Å². The van der Waals surface area contributed by atoms with Gasteiger partial charge in [0.25, 0.3) is 0 Å². The first kappa shape index (κ1) is 21.3. The van der Waals surface area contributed by atoms with E-state index >= 15 is 0 Å². The summed E-state index contributed by atoms with van der Waals surface area (Å²) in [6, 6.07) is 7.96. The largest absolute Gasteiger partial charge is 0.496 e. The van der Waals surface area contributed by atoms with Gasteiger partial charge in [0.2, 0.25) is 0 Å². The van der Waals surface area contributed by atoms with Gasteiger partial charge in [-0.1, -0.05) is 18.2 Å². The van der Waals surface area contributed by atoms with Crippen LogP contribution in [0.3, 0.4) is 0 Å². The van der Waals surface area contributed by atoms with Crippen molar-refractivity contribution in [1.29, 1.82) is 0 Å². The van der Waals surface area contributed by atoms with E-state index in [1.54, 1.807) is 7.11 Å². The maximum atomic E-state index is 5.37. The molecule has 0 radical (unpaired) electrons. The van der Waals surface area contributed by atoms with Crippen molar-refractivity contribution in [2.45, 2.75) is 26.3 Å². The predicted octanol–water partition coefficient (Wildman–Crippen LogP) is 2.73. The van der Waals surface area contributed by atoms with Crippen molar-refractivity contribution >= 4 is 29.9 Å². The smallest absolute Gasteiger partial charge is 0.191 e. The van der Waals surface area contributed by atoms with E-state index in [0.717, 1.165) is 43.2 Å². The summed E-state index contributed by atoms with van der Waals surface area (Å²) in [5.41, 5.74) is 2.34. The van der Waals surface area contributed by atoms with E-state index in [-0.39, 0.29) is 24.0 Å². The number of ether oxygens (including phenoxy) is 1. The molecule has 0 saturated heterocycles. The van der Waals surface area contributed by atoms with Gasteiger partial charge in [-0.05, 0) is 31.4 Å². The summed E-state index contributed by atoms with van der Waals surface area (Å²) in [7, 11) is 3.62. The Labute approximate surface area is 167 Å². The quantitative estimate of drug-likeness (QED) is 0.277. The van der Waals surface area contributed by atoms with Crippen LogP contribution in [-0.2, 0) is 20.0 Å². The number of nitrogens with zero attached hydrogens (tertiary/aromatic N) is 3. The number of halogens is 1. The van der Waals surface area contributed by atoms with Crippen LogP contribution in [0.15, 0.2) is 41.7 Å². The third kappa shape index (κ3) is 7.33. The Bertz CT molecular complexity index is 656. The number of aryl methyl sites for hydroxylation is 2. The highest BCUT2D eigenvalue weighted by Crippen LogP contribution is 2.17. The molecule has 0 bridgehead atoms. The van der Waals surface area contributed by atoms with Crippen LogP contribution in [0.1, 0.15) is 24.5 Å². The van der Waals surface area contributed by atoms with E-state index in [4.69, 9.17) is 4.74 Å². The zero-order valence-electron chi connectivity index (χ0n) is 15.2. The van der Waals surface area contributed by atoms with Gasteiger partial charge in [-0.3, -0.25) is 4.68 Å². The molecule has 0 amide bonds. The van der Waals surface area contributed by atoms with Gasteiger partial charge in [0, 0.05) is 31.9 Å². The summed E-state index contributed by atoms with van der Waals surface area (Å²) in [5.74, 6) is 1.70. The number of aliphatic imine (C=N–C) groups is 1. The molecule has 0 aliphatic carbocycles. The van der Waals surface area contributed by atoms with Crippen LogP contribution in [0.5, 0.6) is 5.75 Å². The predicted molar refractivity (Wildman–Crippen MR) is 113 cm³/mol. The average molecular weight is 457 g/mol. The monoisotopic (exact) mass is 457 g/mol. The number of guanidine groups is 1. The molecule has 7 heteroatoms. The Morgan fingerprint density at radius 2 is 2.08 bits per heavy atom. The molecular formula is C18H28IN5O. The molecule has 138 valence electrons. The molecule has 1 aromatic carbocycles.